The molecule has 2 aromatic heterocycles. The molecule has 19 heavy (non-hydrogen) atoms. The number of hydrogen-bond acceptors (Lipinski definition) is 4. The summed E-state index contributed by atoms with van der Waals surface area (Å²) >= 11 is 0. The molecule has 1 fully saturated rings. The van der Waals surface area contributed by atoms with E-state index in [2.05, 4.69) is 15.5 Å². The lowest BCUT2D eigenvalue weighted by atomic mass is 10.1. The summed E-state index contributed by atoms with van der Waals surface area (Å²) in [6, 6.07) is 5.40. The molecule has 0 saturated heterocycles. The molecule has 3 rings (SSSR count). The van der Waals surface area contributed by atoms with Gasteiger partial charge in [0.25, 0.3) is 5.91 Å². The molecule has 0 aliphatic heterocycles. The van der Waals surface area contributed by atoms with Gasteiger partial charge in [-0.25, -0.2) is 0 Å². The zero-order valence-corrected chi connectivity index (χ0v) is 10.7. The molecule has 1 N–H and O–H groups in total. The third-order valence-corrected chi connectivity index (χ3v) is 3.27. The van der Waals surface area contributed by atoms with Crippen molar-refractivity contribution in [3.8, 4) is 0 Å². The maximum atomic E-state index is 12.0. The predicted molar refractivity (Wildman–Crippen MR) is 68.6 cm³/mol. The number of amides is 1. The van der Waals surface area contributed by atoms with E-state index in [1.807, 2.05) is 19.1 Å². The monoisotopic (exact) mass is 257 g/mol. The highest BCUT2D eigenvalue weighted by Gasteiger charge is 2.29. The lowest BCUT2D eigenvalue weighted by Gasteiger charge is -2.12. The number of nitrogens with zero attached hydrogens (tertiary/aromatic N) is 2. The van der Waals surface area contributed by atoms with Gasteiger partial charge in [0.2, 0.25) is 0 Å². The second-order valence-corrected chi connectivity index (χ2v) is 4.87. The molecular formula is C14H15N3O2. The van der Waals surface area contributed by atoms with E-state index < -0.39 is 0 Å². The highest BCUT2D eigenvalue weighted by atomic mass is 16.5. The molecule has 0 bridgehead atoms. The van der Waals surface area contributed by atoms with Gasteiger partial charge >= 0.3 is 0 Å². The van der Waals surface area contributed by atoms with E-state index in [4.69, 9.17) is 4.52 Å². The van der Waals surface area contributed by atoms with E-state index in [-0.39, 0.29) is 11.9 Å². The SMILES string of the molecule is C[C@@H](NC(=O)c1cc(C2CC2)on1)c1cccnc1. The topological polar surface area (TPSA) is 68.0 Å². The van der Waals surface area contributed by atoms with E-state index in [1.165, 1.54) is 0 Å². The molecule has 0 radical (unpaired) electrons. The molecule has 2 aromatic rings. The van der Waals surface area contributed by atoms with E-state index >= 15 is 0 Å². The minimum absolute atomic E-state index is 0.109. The molecule has 1 atom stereocenters. The first-order valence-corrected chi connectivity index (χ1v) is 6.41. The van der Waals surface area contributed by atoms with Gasteiger partial charge in [-0.2, -0.15) is 0 Å². The quantitative estimate of drug-likeness (QED) is 0.913. The molecule has 0 aromatic carbocycles. The van der Waals surface area contributed by atoms with Crippen LogP contribution in [0.3, 0.4) is 0 Å². The van der Waals surface area contributed by atoms with Gasteiger partial charge in [-0.15, -0.1) is 0 Å². The van der Waals surface area contributed by atoms with Gasteiger partial charge in [0.1, 0.15) is 5.76 Å². The van der Waals surface area contributed by atoms with Crippen LogP contribution in [0, 0.1) is 0 Å². The van der Waals surface area contributed by atoms with Crippen molar-refractivity contribution in [3.63, 3.8) is 0 Å². The maximum absolute atomic E-state index is 12.0. The smallest absolute Gasteiger partial charge is 0.273 e. The molecule has 5 heteroatoms. The third kappa shape index (κ3) is 2.65. The summed E-state index contributed by atoms with van der Waals surface area (Å²) in [4.78, 5) is 16.1. The number of nitrogens with one attached hydrogen (secondary N) is 1. The van der Waals surface area contributed by atoms with E-state index in [1.54, 1.807) is 18.5 Å². The summed E-state index contributed by atoms with van der Waals surface area (Å²) in [5, 5.41) is 6.71. The Kier molecular flexibility index (Phi) is 3.03. The van der Waals surface area contributed by atoms with Gasteiger partial charge in [-0.05, 0) is 31.4 Å². The first-order valence-electron chi connectivity index (χ1n) is 6.41. The third-order valence-electron chi connectivity index (χ3n) is 3.27. The molecule has 98 valence electrons. The number of aromatic nitrogens is 2. The van der Waals surface area contributed by atoms with Crippen LogP contribution in [0.25, 0.3) is 0 Å². The van der Waals surface area contributed by atoms with E-state index in [0.717, 1.165) is 24.2 Å². The van der Waals surface area contributed by atoms with Crippen LogP contribution < -0.4 is 5.32 Å². The summed E-state index contributed by atoms with van der Waals surface area (Å²) in [7, 11) is 0. The van der Waals surface area contributed by atoms with Crippen molar-refractivity contribution < 1.29 is 9.32 Å². The number of pyridine rings is 1. The first-order chi connectivity index (χ1) is 9.24. The van der Waals surface area contributed by atoms with Crippen LogP contribution >= 0.6 is 0 Å². The van der Waals surface area contributed by atoms with Crippen molar-refractivity contribution in [2.45, 2.75) is 31.7 Å². The average Bonchev–Trinajstić information content (AvgIpc) is 3.17. The minimum atomic E-state index is -0.216. The molecule has 0 unspecified atom stereocenters. The fourth-order valence-corrected chi connectivity index (χ4v) is 1.94. The van der Waals surface area contributed by atoms with Crippen LogP contribution in [0.5, 0.6) is 0 Å². The van der Waals surface area contributed by atoms with Gasteiger partial charge in [-0.1, -0.05) is 11.2 Å². The second-order valence-electron chi connectivity index (χ2n) is 4.87. The number of hydrogen-bond donors (Lipinski definition) is 1. The maximum Gasteiger partial charge on any atom is 0.273 e. The van der Waals surface area contributed by atoms with Crippen LogP contribution in [0.2, 0.25) is 0 Å². The Hall–Kier alpha value is -2.17. The molecule has 1 saturated carbocycles. The van der Waals surface area contributed by atoms with E-state index in [0.29, 0.717) is 11.6 Å². The summed E-state index contributed by atoms with van der Waals surface area (Å²) < 4.78 is 5.17. The Morgan fingerprint density at radius 3 is 3.05 bits per heavy atom. The standard InChI is InChI=1S/C14H15N3O2/c1-9(11-3-2-6-15-8-11)16-14(18)12-7-13(19-17-12)10-4-5-10/h2-3,6-10H,4-5H2,1H3,(H,16,18)/t9-/m1/s1. The molecule has 1 amide bonds. The molecule has 1 aliphatic rings. The Balaban J connectivity index is 1.66. The molecule has 1 aliphatic carbocycles. The summed E-state index contributed by atoms with van der Waals surface area (Å²) in [6.07, 6.45) is 5.70. The summed E-state index contributed by atoms with van der Waals surface area (Å²) in [5.41, 5.74) is 1.31. The van der Waals surface area contributed by atoms with Crippen molar-refractivity contribution in [2.75, 3.05) is 0 Å². The van der Waals surface area contributed by atoms with Crippen LogP contribution in [0.1, 0.15) is 53.5 Å². The van der Waals surface area contributed by atoms with Crippen LogP contribution in [0.15, 0.2) is 35.1 Å². The lowest BCUT2D eigenvalue weighted by molar-refractivity contribution is 0.0930. The van der Waals surface area contributed by atoms with Crippen molar-refractivity contribution >= 4 is 5.91 Å². The minimum Gasteiger partial charge on any atom is -0.360 e. The zero-order chi connectivity index (χ0) is 13.2. The highest BCUT2D eigenvalue weighted by molar-refractivity contribution is 5.92. The van der Waals surface area contributed by atoms with Gasteiger partial charge in [0, 0.05) is 24.4 Å². The van der Waals surface area contributed by atoms with Gasteiger partial charge < -0.3 is 9.84 Å². The number of carbonyl (C=O) groups excluding carboxylic acids is 1. The normalized spacial score (nSPS) is 16.1. The first kappa shape index (κ1) is 11.9. The largest absolute Gasteiger partial charge is 0.360 e. The van der Waals surface area contributed by atoms with Gasteiger partial charge in [0.05, 0.1) is 6.04 Å². The van der Waals surface area contributed by atoms with Crippen molar-refractivity contribution in [1.29, 1.82) is 0 Å². The Morgan fingerprint density at radius 1 is 1.53 bits per heavy atom. The van der Waals surface area contributed by atoms with Gasteiger partial charge in [-0.3, -0.25) is 9.78 Å². The van der Waals surface area contributed by atoms with Crippen LogP contribution in [-0.2, 0) is 0 Å². The summed E-state index contributed by atoms with van der Waals surface area (Å²) in [5.74, 6) is 1.07. The van der Waals surface area contributed by atoms with Crippen molar-refractivity contribution in [2.24, 2.45) is 0 Å². The Morgan fingerprint density at radius 2 is 2.37 bits per heavy atom. The lowest BCUT2D eigenvalue weighted by Crippen LogP contribution is -2.26. The van der Waals surface area contributed by atoms with Crippen LogP contribution in [-0.4, -0.2) is 16.0 Å². The number of rotatable bonds is 4. The molecular weight excluding hydrogens is 242 g/mol. The number of carbonyl (C=O) groups is 1. The molecule has 2 heterocycles. The fraction of sp³-hybridized carbons (Fsp3) is 0.357. The van der Waals surface area contributed by atoms with Gasteiger partial charge in [0.15, 0.2) is 5.69 Å². The van der Waals surface area contributed by atoms with Crippen LogP contribution in [0.4, 0.5) is 0 Å². The Bertz CT molecular complexity index is 575. The van der Waals surface area contributed by atoms with Crippen molar-refractivity contribution in [3.05, 3.63) is 47.6 Å². The summed E-state index contributed by atoms with van der Waals surface area (Å²) in [6.45, 7) is 1.91. The Labute approximate surface area is 111 Å². The zero-order valence-electron chi connectivity index (χ0n) is 10.7. The second kappa shape index (κ2) is 4.84. The molecule has 0 spiro atoms. The molecule has 5 nitrogen and oxygen atoms in total. The van der Waals surface area contributed by atoms with E-state index in [9.17, 15) is 4.79 Å². The van der Waals surface area contributed by atoms with Crippen molar-refractivity contribution in [1.82, 2.24) is 15.5 Å². The fourth-order valence-electron chi connectivity index (χ4n) is 1.94. The highest BCUT2D eigenvalue weighted by Crippen LogP contribution is 2.40. The predicted octanol–water partition coefficient (Wildman–Crippen LogP) is 2.44. The average molecular weight is 257 g/mol.